The van der Waals surface area contributed by atoms with Gasteiger partial charge >= 0.3 is 0 Å². The highest BCUT2D eigenvalue weighted by atomic mass is 14.8. The van der Waals surface area contributed by atoms with Crippen molar-refractivity contribution in [2.45, 2.75) is 45.4 Å². The van der Waals surface area contributed by atoms with Crippen molar-refractivity contribution in [3.63, 3.8) is 0 Å². The molecule has 0 saturated heterocycles. The van der Waals surface area contributed by atoms with E-state index in [1.807, 2.05) is 0 Å². The second-order valence-electron chi connectivity index (χ2n) is 4.46. The summed E-state index contributed by atoms with van der Waals surface area (Å²) in [7, 11) is 0. The highest BCUT2D eigenvalue weighted by molar-refractivity contribution is 5.60. The van der Waals surface area contributed by atoms with Crippen LogP contribution in [0.4, 0.5) is 5.69 Å². The third kappa shape index (κ3) is 2.43. The zero-order valence-corrected chi connectivity index (χ0v) is 10.00. The van der Waals surface area contributed by atoms with E-state index in [-0.39, 0.29) is 0 Å². The summed E-state index contributed by atoms with van der Waals surface area (Å²) >= 11 is 0. The fraction of sp³-hybridized carbons (Fsp3) is 0.500. The Kier molecular flexibility index (Phi) is 3.60. The van der Waals surface area contributed by atoms with Gasteiger partial charge in [0.05, 0.1) is 11.4 Å². The molecule has 2 rings (SSSR count). The molecule has 1 aliphatic carbocycles. The number of anilines is 1. The highest BCUT2D eigenvalue weighted by Crippen LogP contribution is 2.23. The first-order valence-electron chi connectivity index (χ1n) is 6.26. The smallest absolute Gasteiger partial charge is 0.0636 e. The van der Waals surface area contributed by atoms with E-state index < -0.39 is 0 Å². The average molecular weight is 216 g/mol. The number of nitrogens with zero attached hydrogens (tertiary/aromatic N) is 1. The Hall–Kier alpha value is -1.31. The van der Waals surface area contributed by atoms with Gasteiger partial charge in [0.15, 0.2) is 0 Å². The van der Waals surface area contributed by atoms with E-state index in [0.717, 1.165) is 30.6 Å². The lowest BCUT2D eigenvalue weighted by Gasteiger charge is -2.13. The molecule has 1 heterocycles. The number of pyridine rings is 1. The number of aryl methyl sites for hydroxylation is 2. The van der Waals surface area contributed by atoms with E-state index >= 15 is 0 Å². The standard InChI is InChI=1S/C14H20N2/c1-2-3-4-9-14-12(15)10-11-7-5-6-8-13(11)16-14/h5,7,10H,2-4,6,8-9,15H2,1H3. The van der Waals surface area contributed by atoms with Crippen molar-refractivity contribution in [2.75, 3.05) is 5.73 Å². The van der Waals surface area contributed by atoms with Gasteiger partial charge in [-0.05, 0) is 37.3 Å². The minimum absolute atomic E-state index is 0.862. The second kappa shape index (κ2) is 5.15. The van der Waals surface area contributed by atoms with Crippen LogP contribution in [0.1, 0.15) is 49.6 Å². The van der Waals surface area contributed by atoms with Crippen LogP contribution in [-0.2, 0) is 12.8 Å². The molecule has 0 fully saturated rings. The van der Waals surface area contributed by atoms with E-state index in [1.54, 1.807) is 0 Å². The largest absolute Gasteiger partial charge is 0.397 e. The van der Waals surface area contributed by atoms with Gasteiger partial charge in [-0.3, -0.25) is 4.98 Å². The molecule has 0 unspecified atom stereocenters. The molecule has 0 atom stereocenters. The molecule has 0 aromatic carbocycles. The lowest BCUT2D eigenvalue weighted by Crippen LogP contribution is -2.06. The van der Waals surface area contributed by atoms with Crippen LogP contribution in [-0.4, -0.2) is 4.98 Å². The molecule has 86 valence electrons. The summed E-state index contributed by atoms with van der Waals surface area (Å²) in [6, 6.07) is 2.08. The molecule has 0 bridgehead atoms. The monoisotopic (exact) mass is 216 g/mol. The molecule has 1 aromatic heterocycles. The molecule has 2 N–H and O–H groups in total. The summed E-state index contributed by atoms with van der Waals surface area (Å²) in [5, 5.41) is 0. The van der Waals surface area contributed by atoms with Crippen LogP contribution < -0.4 is 5.73 Å². The van der Waals surface area contributed by atoms with Gasteiger partial charge in [0.25, 0.3) is 0 Å². The molecule has 2 nitrogen and oxygen atoms in total. The Bertz CT molecular complexity index is 394. The van der Waals surface area contributed by atoms with Crippen LogP contribution in [0, 0.1) is 0 Å². The second-order valence-corrected chi connectivity index (χ2v) is 4.46. The van der Waals surface area contributed by atoms with Crippen molar-refractivity contribution < 1.29 is 0 Å². The maximum Gasteiger partial charge on any atom is 0.0636 e. The van der Waals surface area contributed by atoms with Crippen LogP contribution in [0.15, 0.2) is 12.1 Å². The van der Waals surface area contributed by atoms with Gasteiger partial charge in [0, 0.05) is 5.69 Å². The summed E-state index contributed by atoms with van der Waals surface area (Å²) < 4.78 is 0. The molecule has 1 aromatic rings. The SMILES string of the molecule is CCCCCc1nc2c(cc1N)C=CCC2. The van der Waals surface area contributed by atoms with Gasteiger partial charge < -0.3 is 5.73 Å². The number of hydrogen-bond donors (Lipinski definition) is 1. The molecule has 0 aliphatic heterocycles. The van der Waals surface area contributed by atoms with Crippen LogP contribution in [0.5, 0.6) is 0 Å². The van der Waals surface area contributed by atoms with E-state index in [9.17, 15) is 0 Å². The van der Waals surface area contributed by atoms with E-state index in [4.69, 9.17) is 10.7 Å². The third-order valence-electron chi connectivity index (χ3n) is 3.11. The quantitative estimate of drug-likeness (QED) is 0.784. The van der Waals surface area contributed by atoms with Gasteiger partial charge in [0.2, 0.25) is 0 Å². The van der Waals surface area contributed by atoms with Crippen molar-refractivity contribution in [1.29, 1.82) is 0 Å². The molecular formula is C14H20N2. The maximum atomic E-state index is 6.03. The topological polar surface area (TPSA) is 38.9 Å². The Labute approximate surface area is 97.6 Å². The maximum absolute atomic E-state index is 6.03. The summed E-state index contributed by atoms with van der Waals surface area (Å²) in [5.41, 5.74) is 10.4. The first-order chi connectivity index (χ1) is 7.81. The minimum Gasteiger partial charge on any atom is -0.397 e. The van der Waals surface area contributed by atoms with Crippen LogP contribution >= 0.6 is 0 Å². The van der Waals surface area contributed by atoms with Gasteiger partial charge in [0.1, 0.15) is 0 Å². The summed E-state index contributed by atoms with van der Waals surface area (Å²) in [6.07, 6.45) is 11.2. The minimum atomic E-state index is 0.862. The first kappa shape index (κ1) is 11.2. The number of fused-ring (bicyclic) bond motifs is 1. The Morgan fingerprint density at radius 3 is 3.06 bits per heavy atom. The van der Waals surface area contributed by atoms with Gasteiger partial charge in [-0.1, -0.05) is 31.9 Å². The van der Waals surface area contributed by atoms with E-state index in [0.29, 0.717) is 0 Å². The number of hydrogen-bond acceptors (Lipinski definition) is 2. The lowest BCUT2D eigenvalue weighted by atomic mass is 10.0. The van der Waals surface area contributed by atoms with Crippen LogP contribution in [0.2, 0.25) is 0 Å². The number of unbranched alkanes of at least 4 members (excludes halogenated alkanes) is 2. The molecule has 0 radical (unpaired) electrons. The first-order valence-corrected chi connectivity index (χ1v) is 6.26. The Morgan fingerprint density at radius 2 is 2.25 bits per heavy atom. The average Bonchev–Trinajstić information content (AvgIpc) is 2.30. The lowest BCUT2D eigenvalue weighted by molar-refractivity contribution is 0.704. The van der Waals surface area contributed by atoms with Gasteiger partial charge in [-0.15, -0.1) is 0 Å². The number of nitrogens with two attached hydrogens (primary N) is 1. The van der Waals surface area contributed by atoms with Crippen molar-refractivity contribution in [1.82, 2.24) is 4.98 Å². The number of rotatable bonds is 4. The fourth-order valence-electron chi connectivity index (χ4n) is 2.14. The summed E-state index contributed by atoms with van der Waals surface area (Å²) in [5.74, 6) is 0. The zero-order valence-electron chi connectivity index (χ0n) is 10.00. The Morgan fingerprint density at radius 1 is 1.38 bits per heavy atom. The highest BCUT2D eigenvalue weighted by Gasteiger charge is 2.10. The molecule has 1 aliphatic rings. The Balaban J connectivity index is 2.16. The van der Waals surface area contributed by atoms with Crippen molar-refractivity contribution >= 4 is 11.8 Å². The number of allylic oxidation sites excluding steroid dienone is 1. The van der Waals surface area contributed by atoms with Crippen molar-refractivity contribution in [3.8, 4) is 0 Å². The van der Waals surface area contributed by atoms with Gasteiger partial charge in [-0.2, -0.15) is 0 Å². The predicted molar refractivity (Wildman–Crippen MR) is 69.2 cm³/mol. The molecule has 0 saturated carbocycles. The zero-order chi connectivity index (χ0) is 11.4. The summed E-state index contributed by atoms with van der Waals surface area (Å²) in [6.45, 7) is 2.22. The third-order valence-corrected chi connectivity index (χ3v) is 3.11. The molecule has 2 heteroatoms. The number of aromatic nitrogens is 1. The van der Waals surface area contributed by atoms with Crippen molar-refractivity contribution in [2.24, 2.45) is 0 Å². The molecular weight excluding hydrogens is 196 g/mol. The van der Waals surface area contributed by atoms with E-state index in [2.05, 4.69) is 25.1 Å². The van der Waals surface area contributed by atoms with E-state index in [1.165, 1.54) is 30.5 Å². The van der Waals surface area contributed by atoms with Crippen LogP contribution in [0.25, 0.3) is 6.08 Å². The molecule has 16 heavy (non-hydrogen) atoms. The predicted octanol–water partition coefficient (Wildman–Crippen LogP) is 3.36. The van der Waals surface area contributed by atoms with Crippen molar-refractivity contribution in [3.05, 3.63) is 29.1 Å². The normalized spacial score (nSPS) is 13.8. The molecule has 0 spiro atoms. The molecule has 0 amide bonds. The summed E-state index contributed by atoms with van der Waals surface area (Å²) in [4.78, 5) is 4.71. The van der Waals surface area contributed by atoms with Crippen LogP contribution in [0.3, 0.4) is 0 Å². The number of nitrogen functional groups attached to an aromatic ring is 1. The fourth-order valence-corrected chi connectivity index (χ4v) is 2.14. The van der Waals surface area contributed by atoms with Gasteiger partial charge in [-0.25, -0.2) is 0 Å².